The van der Waals surface area contributed by atoms with Crippen molar-refractivity contribution in [2.75, 3.05) is 13.7 Å². The van der Waals surface area contributed by atoms with Crippen molar-refractivity contribution in [3.8, 4) is 5.75 Å². The van der Waals surface area contributed by atoms with Crippen molar-refractivity contribution >= 4 is 17.6 Å². The summed E-state index contributed by atoms with van der Waals surface area (Å²) in [6.45, 7) is 2.25. The number of carboxylic acids is 1. The normalized spacial score (nSPS) is 12.2. The van der Waals surface area contributed by atoms with Crippen LogP contribution in [0.5, 0.6) is 5.75 Å². The van der Waals surface area contributed by atoms with Gasteiger partial charge in [-0.3, -0.25) is 4.79 Å². The number of carboxylic acid groups (broad SMARTS) is 1. The lowest BCUT2D eigenvalue weighted by atomic mass is 10.2. The summed E-state index contributed by atoms with van der Waals surface area (Å²) in [5.41, 5.74) is 1.05. The minimum atomic E-state index is -0.883. The summed E-state index contributed by atoms with van der Waals surface area (Å²) in [6, 6.07) is 4.89. The first-order valence-corrected chi connectivity index (χ1v) is 5.71. The number of rotatable bonds is 6. The quantitative estimate of drug-likeness (QED) is 0.819. The molecular weight excluding hydrogens is 242 g/mol. The third-order valence-corrected chi connectivity index (χ3v) is 2.71. The maximum atomic E-state index is 10.7. The molecule has 1 atom stereocenters. The molecule has 5 heteroatoms. The lowest BCUT2D eigenvalue weighted by molar-refractivity contribution is -0.139. The molecule has 0 saturated heterocycles. The van der Waals surface area contributed by atoms with Gasteiger partial charge in [0.15, 0.2) is 0 Å². The molecular formula is C12H16ClNO3. The zero-order valence-electron chi connectivity index (χ0n) is 9.87. The lowest BCUT2D eigenvalue weighted by Crippen LogP contribution is -2.35. The van der Waals surface area contributed by atoms with Gasteiger partial charge in [-0.05, 0) is 31.7 Å². The highest BCUT2D eigenvalue weighted by Crippen LogP contribution is 2.25. The topological polar surface area (TPSA) is 58.6 Å². The van der Waals surface area contributed by atoms with Crippen molar-refractivity contribution in [2.45, 2.75) is 19.4 Å². The van der Waals surface area contributed by atoms with Gasteiger partial charge in [-0.1, -0.05) is 17.7 Å². The number of halogens is 1. The number of carbonyl (C=O) groups is 1. The van der Waals surface area contributed by atoms with Crippen LogP contribution >= 0.6 is 11.6 Å². The summed E-state index contributed by atoms with van der Waals surface area (Å²) in [6.07, 6.45) is 0.385. The van der Waals surface area contributed by atoms with Crippen molar-refractivity contribution in [2.24, 2.45) is 0 Å². The number of hydrogen-bond donors (Lipinski definition) is 2. The summed E-state index contributed by atoms with van der Waals surface area (Å²) < 4.78 is 5.46. The van der Waals surface area contributed by atoms with Crippen molar-refractivity contribution < 1.29 is 14.6 Å². The highest BCUT2D eigenvalue weighted by Gasteiger charge is 2.14. The Labute approximate surface area is 106 Å². The number of aliphatic carboxylic acids is 1. The Hall–Kier alpha value is -1.26. The molecule has 94 valence electrons. The SMILES string of the molecule is CNC(CCOc1cc(C)ccc1Cl)C(=O)O. The van der Waals surface area contributed by atoms with Crippen molar-refractivity contribution in [3.05, 3.63) is 28.8 Å². The zero-order chi connectivity index (χ0) is 12.8. The van der Waals surface area contributed by atoms with Gasteiger partial charge >= 0.3 is 5.97 Å². The second kappa shape index (κ2) is 6.47. The van der Waals surface area contributed by atoms with Crippen molar-refractivity contribution in [1.82, 2.24) is 5.32 Å². The largest absolute Gasteiger partial charge is 0.492 e. The second-order valence-corrected chi connectivity index (χ2v) is 4.16. The molecule has 0 saturated carbocycles. The van der Waals surface area contributed by atoms with E-state index in [1.165, 1.54) is 0 Å². The number of likely N-dealkylation sites (N-methyl/N-ethyl adjacent to an activating group) is 1. The van der Waals surface area contributed by atoms with Gasteiger partial charge in [-0.25, -0.2) is 0 Å². The minimum Gasteiger partial charge on any atom is -0.492 e. The minimum absolute atomic E-state index is 0.307. The molecule has 1 aromatic rings. The van der Waals surface area contributed by atoms with Gasteiger partial charge in [0.05, 0.1) is 11.6 Å². The van der Waals surface area contributed by atoms with Crippen LogP contribution in [-0.2, 0) is 4.79 Å². The van der Waals surface area contributed by atoms with E-state index in [2.05, 4.69) is 5.32 Å². The number of nitrogens with one attached hydrogen (secondary N) is 1. The van der Waals surface area contributed by atoms with Gasteiger partial charge in [0.1, 0.15) is 11.8 Å². The molecule has 1 unspecified atom stereocenters. The van der Waals surface area contributed by atoms with Gasteiger partial charge < -0.3 is 15.2 Å². The van der Waals surface area contributed by atoms with Crippen LogP contribution in [0.15, 0.2) is 18.2 Å². The molecule has 0 bridgehead atoms. The van der Waals surface area contributed by atoms with Crippen LogP contribution < -0.4 is 10.1 Å². The first-order chi connectivity index (χ1) is 8.04. The van der Waals surface area contributed by atoms with E-state index in [1.54, 1.807) is 13.1 Å². The molecule has 0 spiro atoms. The van der Waals surface area contributed by atoms with Crippen LogP contribution in [0, 0.1) is 6.92 Å². The number of ether oxygens (including phenoxy) is 1. The third kappa shape index (κ3) is 4.24. The number of hydrogen-bond acceptors (Lipinski definition) is 3. The Morgan fingerprint density at radius 3 is 2.88 bits per heavy atom. The van der Waals surface area contributed by atoms with Crippen LogP contribution in [-0.4, -0.2) is 30.8 Å². The number of aryl methyl sites for hydroxylation is 1. The molecule has 17 heavy (non-hydrogen) atoms. The molecule has 0 amide bonds. The lowest BCUT2D eigenvalue weighted by Gasteiger charge is -2.13. The fraction of sp³-hybridized carbons (Fsp3) is 0.417. The highest BCUT2D eigenvalue weighted by atomic mass is 35.5. The van der Waals surface area contributed by atoms with Crippen LogP contribution in [0.4, 0.5) is 0 Å². The van der Waals surface area contributed by atoms with E-state index in [9.17, 15) is 4.79 Å². The number of benzene rings is 1. The van der Waals surface area contributed by atoms with Crippen molar-refractivity contribution in [3.63, 3.8) is 0 Å². The standard InChI is InChI=1S/C12H16ClNO3/c1-8-3-4-9(13)11(7-8)17-6-5-10(14-2)12(15)16/h3-4,7,10,14H,5-6H2,1-2H3,(H,15,16). The molecule has 4 nitrogen and oxygen atoms in total. The monoisotopic (exact) mass is 257 g/mol. The molecule has 0 aromatic heterocycles. The summed E-state index contributed by atoms with van der Waals surface area (Å²) in [7, 11) is 1.61. The van der Waals surface area contributed by atoms with E-state index in [0.29, 0.717) is 23.8 Å². The molecule has 0 aliphatic carbocycles. The molecule has 1 rings (SSSR count). The van der Waals surface area contributed by atoms with E-state index < -0.39 is 12.0 Å². The average molecular weight is 258 g/mol. The second-order valence-electron chi connectivity index (χ2n) is 3.75. The third-order valence-electron chi connectivity index (χ3n) is 2.40. The molecule has 0 aliphatic heterocycles. The van der Waals surface area contributed by atoms with Gasteiger partial charge in [0, 0.05) is 6.42 Å². The maximum Gasteiger partial charge on any atom is 0.320 e. The first kappa shape index (κ1) is 13.8. The fourth-order valence-corrected chi connectivity index (χ4v) is 1.57. The molecule has 0 aliphatic rings. The molecule has 0 fully saturated rings. The Balaban J connectivity index is 2.50. The van der Waals surface area contributed by atoms with E-state index in [0.717, 1.165) is 5.56 Å². The van der Waals surface area contributed by atoms with Crippen LogP contribution in [0.3, 0.4) is 0 Å². The van der Waals surface area contributed by atoms with Crippen LogP contribution in [0.1, 0.15) is 12.0 Å². The van der Waals surface area contributed by atoms with Gasteiger partial charge in [-0.15, -0.1) is 0 Å². The Bertz CT molecular complexity index is 395. The van der Waals surface area contributed by atoms with E-state index >= 15 is 0 Å². The molecule has 1 aromatic carbocycles. The van der Waals surface area contributed by atoms with Gasteiger partial charge in [0.2, 0.25) is 0 Å². The highest BCUT2D eigenvalue weighted by molar-refractivity contribution is 6.32. The van der Waals surface area contributed by atoms with Gasteiger partial charge in [0.25, 0.3) is 0 Å². The maximum absolute atomic E-state index is 10.7. The smallest absolute Gasteiger partial charge is 0.320 e. The Morgan fingerprint density at radius 1 is 1.59 bits per heavy atom. The Kier molecular flexibility index (Phi) is 5.25. The first-order valence-electron chi connectivity index (χ1n) is 5.33. The van der Waals surface area contributed by atoms with E-state index in [-0.39, 0.29) is 0 Å². The van der Waals surface area contributed by atoms with Crippen molar-refractivity contribution in [1.29, 1.82) is 0 Å². The van der Waals surface area contributed by atoms with Crippen LogP contribution in [0.25, 0.3) is 0 Å². The summed E-state index contributed by atoms with van der Waals surface area (Å²) in [4.78, 5) is 10.7. The summed E-state index contributed by atoms with van der Waals surface area (Å²) >= 11 is 5.95. The molecule has 0 radical (unpaired) electrons. The average Bonchev–Trinajstić information content (AvgIpc) is 2.28. The van der Waals surface area contributed by atoms with Crippen LogP contribution in [0.2, 0.25) is 5.02 Å². The predicted octanol–water partition coefficient (Wildman–Crippen LogP) is 2.09. The predicted molar refractivity (Wildman–Crippen MR) is 66.8 cm³/mol. The summed E-state index contributed by atoms with van der Waals surface area (Å²) in [5, 5.41) is 12.1. The fourth-order valence-electron chi connectivity index (χ4n) is 1.40. The zero-order valence-corrected chi connectivity index (χ0v) is 10.6. The van der Waals surface area contributed by atoms with E-state index in [1.807, 2.05) is 19.1 Å². The molecule has 2 N–H and O–H groups in total. The molecule has 0 heterocycles. The summed E-state index contributed by atoms with van der Waals surface area (Å²) in [5.74, 6) is -0.293. The van der Waals surface area contributed by atoms with Gasteiger partial charge in [-0.2, -0.15) is 0 Å². The van der Waals surface area contributed by atoms with E-state index in [4.69, 9.17) is 21.4 Å². The Morgan fingerprint density at radius 2 is 2.29 bits per heavy atom.